The molecule has 0 spiro atoms. The maximum atomic E-state index is 6.31. The van der Waals surface area contributed by atoms with E-state index in [4.69, 9.17) is 23.1 Å². The van der Waals surface area contributed by atoms with Crippen molar-refractivity contribution in [2.45, 2.75) is 29.9 Å². The monoisotopic (exact) mass is 323 g/mol. The molecule has 0 radical (unpaired) electrons. The number of aromatic nitrogens is 2. The molecule has 0 aliphatic heterocycles. The van der Waals surface area contributed by atoms with Crippen molar-refractivity contribution in [3.8, 4) is 0 Å². The zero-order valence-electron chi connectivity index (χ0n) is 11.8. The molecule has 0 atom stereocenters. The largest absolute Gasteiger partial charge is 0.383 e. The van der Waals surface area contributed by atoms with E-state index >= 15 is 0 Å². The quantitative estimate of drug-likeness (QED) is 0.559. The molecule has 112 valence electrons. The predicted octanol–water partition coefficient (Wildman–Crippen LogP) is 2.95. The number of nitrogens with zero attached hydrogens (tertiary/aromatic N) is 2. The van der Waals surface area contributed by atoms with Crippen LogP contribution in [0.5, 0.6) is 0 Å². The van der Waals surface area contributed by atoms with Gasteiger partial charge in [0, 0.05) is 17.5 Å². The van der Waals surface area contributed by atoms with Crippen LogP contribution in [0.3, 0.4) is 0 Å². The number of nitrogens with one attached hydrogen (secondary N) is 1. The summed E-state index contributed by atoms with van der Waals surface area (Å²) < 4.78 is 0. The number of nitrogens with two attached hydrogens (primary N) is 2. The van der Waals surface area contributed by atoms with Gasteiger partial charge in [-0.2, -0.15) is 0 Å². The van der Waals surface area contributed by atoms with Crippen LogP contribution in [-0.4, -0.2) is 16.5 Å². The first-order chi connectivity index (χ1) is 10.1. The van der Waals surface area contributed by atoms with Gasteiger partial charge in [-0.3, -0.25) is 0 Å². The number of benzene rings is 1. The molecule has 0 unspecified atom stereocenters. The molecule has 0 aliphatic rings. The smallest absolute Gasteiger partial charge is 0.196 e. The van der Waals surface area contributed by atoms with Crippen LogP contribution >= 0.6 is 23.4 Å². The highest BCUT2D eigenvalue weighted by Gasteiger charge is 2.08. The molecule has 0 fully saturated rings. The first kappa shape index (κ1) is 15.9. The Bertz CT molecular complexity index is 600. The lowest BCUT2D eigenvalue weighted by Gasteiger charge is -2.08. The number of hydrogen-bond acceptors (Lipinski definition) is 6. The van der Waals surface area contributed by atoms with Crippen LogP contribution in [-0.2, 0) is 6.54 Å². The van der Waals surface area contributed by atoms with Crippen molar-refractivity contribution in [1.29, 1.82) is 0 Å². The Balaban J connectivity index is 2.10. The van der Waals surface area contributed by atoms with Gasteiger partial charge in [-0.25, -0.2) is 9.97 Å². The molecule has 0 aliphatic carbocycles. The Morgan fingerprint density at radius 3 is 2.52 bits per heavy atom. The average molecular weight is 324 g/mol. The second kappa shape index (κ2) is 7.49. The third-order valence-corrected chi connectivity index (χ3v) is 4.06. The fraction of sp³-hybridized carbons (Fsp3) is 0.286. The Morgan fingerprint density at radius 2 is 1.90 bits per heavy atom. The van der Waals surface area contributed by atoms with Crippen molar-refractivity contribution in [3.63, 3.8) is 0 Å². The van der Waals surface area contributed by atoms with E-state index in [1.807, 2.05) is 18.2 Å². The van der Waals surface area contributed by atoms with Crippen LogP contribution in [0.1, 0.15) is 18.9 Å². The van der Waals surface area contributed by atoms with Crippen LogP contribution in [0.2, 0.25) is 5.02 Å². The van der Waals surface area contributed by atoms with E-state index in [2.05, 4.69) is 22.2 Å². The molecule has 2 rings (SSSR count). The van der Waals surface area contributed by atoms with Crippen LogP contribution in [0.15, 0.2) is 34.3 Å². The zero-order chi connectivity index (χ0) is 15.2. The molecule has 0 amide bonds. The van der Waals surface area contributed by atoms with Crippen molar-refractivity contribution in [1.82, 2.24) is 15.3 Å². The van der Waals surface area contributed by atoms with Gasteiger partial charge in [0.25, 0.3) is 0 Å². The number of anilines is 2. The number of rotatable bonds is 6. The Labute approximate surface area is 133 Å². The fourth-order valence-corrected chi connectivity index (χ4v) is 2.86. The van der Waals surface area contributed by atoms with Gasteiger partial charge in [-0.05, 0) is 42.4 Å². The summed E-state index contributed by atoms with van der Waals surface area (Å²) in [5, 5.41) is 4.50. The topological polar surface area (TPSA) is 89.8 Å². The fourth-order valence-electron chi connectivity index (χ4n) is 1.75. The van der Waals surface area contributed by atoms with Crippen molar-refractivity contribution < 1.29 is 0 Å². The SMILES string of the molecule is CCCNCc1ccc(Sc2nc(N)cc(N)n2)c(Cl)c1. The lowest BCUT2D eigenvalue weighted by Crippen LogP contribution is -2.13. The summed E-state index contributed by atoms with van der Waals surface area (Å²) in [6.45, 7) is 3.93. The molecule has 2 aromatic rings. The standard InChI is InChI=1S/C14H18ClN5S/c1-2-5-18-8-9-3-4-11(10(15)6-9)21-14-19-12(16)7-13(17)20-14/h3-4,6-7,18H,2,5,8H2,1H3,(H4,16,17,19,20). The van der Waals surface area contributed by atoms with Gasteiger partial charge in [0.05, 0.1) is 5.02 Å². The highest BCUT2D eigenvalue weighted by Crippen LogP contribution is 2.32. The van der Waals surface area contributed by atoms with Gasteiger partial charge < -0.3 is 16.8 Å². The number of nitrogen functional groups attached to an aromatic ring is 2. The van der Waals surface area contributed by atoms with Crippen LogP contribution in [0, 0.1) is 0 Å². The van der Waals surface area contributed by atoms with Crippen LogP contribution < -0.4 is 16.8 Å². The molecule has 21 heavy (non-hydrogen) atoms. The normalized spacial score (nSPS) is 10.8. The Kier molecular flexibility index (Phi) is 5.67. The van der Waals surface area contributed by atoms with Crippen molar-refractivity contribution in [3.05, 3.63) is 34.9 Å². The molecule has 1 heterocycles. The first-order valence-corrected chi connectivity index (χ1v) is 7.85. The highest BCUT2D eigenvalue weighted by atomic mass is 35.5. The highest BCUT2D eigenvalue weighted by molar-refractivity contribution is 7.99. The molecule has 5 nitrogen and oxygen atoms in total. The predicted molar refractivity (Wildman–Crippen MR) is 88.4 cm³/mol. The van der Waals surface area contributed by atoms with Crippen LogP contribution in [0.25, 0.3) is 0 Å². The van der Waals surface area contributed by atoms with Gasteiger partial charge in [-0.15, -0.1) is 0 Å². The van der Waals surface area contributed by atoms with E-state index in [1.165, 1.54) is 17.8 Å². The second-order valence-corrected chi connectivity index (χ2v) is 5.96. The maximum absolute atomic E-state index is 6.31. The number of halogens is 1. The lowest BCUT2D eigenvalue weighted by atomic mass is 10.2. The summed E-state index contributed by atoms with van der Waals surface area (Å²) in [6.07, 6.45) is 1.11. The molecule has 0 saturated carbocycles. The third-order valence-electron chi connectivity index (χ3n) is 2.70. The van der Waals surface area contributed by atoms with Crippen molar-refractivity contribution in [2.75, 3.05) is 18.0 Å². The molecule has 7 heteroatoms. The lowest BCUT2D eigenvalue weighted by molar-refractivity contribution is 0.675. The molecule has 5 N–H and O–H groups in total. The summed E-state index contributed by atoms with van der Waals surface area (Å²) in [5.41, 5.74) is 12.5. The van der Waals surface area contributed by atoms with E-state index < -0.39 is 0 Å². The molecular formula is C14H18ClN5S. The summed E-state index contributed by atoms with van der Waals surface area (Å²) in [6, 6.07) is 7.46. The van der Waals surface area contributed by atoms with E-state index in [0.29, 0.717) is 21.8 Å². The van der Waals surface area contributed by atoms with Gasteiger partial charge >= 0.3 is 0 Å². The summed E-state index contributed by atoms with van der Waals surface area (Å²) in [7, 11) is 0. The van der Waals surface area contributed by atoms with Gasteiger partial charge in [-0.1, -0.05) is 24.6 Å². The van der Waals surface area contributed by atoms with Crippen molar-refractivity contribution >= 4 is 35.0 Å². The number of hydrogen-bond donors (Lipinski definition) is 3. The summed E-state index contributed by atoms with van der Waals surface area (Å²) in [5.74, 6) is 0.697. The van der Waals surface area contributed by atoms with E-state index in [1.54, 1.807) is 0 Å². The van der Waals surface area contributed by atoms with Crippen LogP contribution in [0.4, 0.5) is 11.6 Å². The summed E-state index contributed by atoms with van der Waals surface area (Å²) in [4.78, 5) is 9.14. The van der Waals surface area contributed by atoms with Gasteiger partial charge in [0.15, 0.2) is 5.16 Å². The first-order valence-electron chi connectivity index (χ1n) is 6.65. The minimum Gasteiger partial charge on any atom is -0.383 e. The third kappa shape index (κ3) is 4.77. The Hall–Kier alpha value is -1.50. The minimum absolute atomic E-state index is 0.349. The summed E-state index contributed by atoms with van der Waals surface area (Å²) >= 11 is 7.65. The van der Waals surface area contributed by atoms with E-state index in [9.17, 15) is 0 Å². The minimum atomic E-state index is 0.349. The second-order valence-electron chi connectivity index (χ2n) is 4.54. The van der Waals surface area contributed by atoms with Gasteiger partial charge in [0.2, 0.25) is 0 Å². The van der Waals surface area contributed by atoms with E-state index in [-0.39, 0.29) is 0 Å². The zero-order valence-corrected chi connectivity index (χ0v) is 13.3. The molecule has 1 aromatic carbocycles. The average Bonchev–Trinajstić information content (AvgIpc) is 2.41. The molecule has 0 bridgehead atoms. The van der Waals surface area contributed by atoms with Crippen molar-refractivity contribution in [2.24, 2.45) is 0 Å². The molecular weight excluding hydrogens is 306 g/mol. The van der Waals surface area contributed by atoms with E-state index in [0.717, 1.165) is 30.0 Å². The molecule has 0 saturated heterocycles. The van der Waals surface area contributed by atoms with Gasteiger partial charge in [0.1, 0.15) is 11.6 Å². The Morgan fingerprint density at radius 1 is 1.19 bits per heavy atom. The molecule has 1 aromatic heterocycles. The maximum Gasteiger partial charge on any atom is 0.196 e.